The minimum Gasteiger partial charge on any atom is -0.493 e. The molecular weight excluding hydrogens is 1490 g/mol. The van der Waals surface area contributed by atoms with Crippen LogP contribution in [0.4, 0.5) is 0 Å². The summed E-state index contributed by atoms with van der Waals surface area (Å²) in [5.74, 6) is -34.5. The minimum absolute atomic E-state index is 0.0143. The number of ketones is 5. The topological polar surface area (TPSA) is 194 Å². The van der Waals surface area contributed by atoms with Crippen molar-refractivity contribution < 1.29 is 173 Å². The molecule has 0 bridgehead atoms. The predicted octanol–water partition coefficient (Wildman–Crippen LogP) is 17.4. The maximum atomic E-state index is 13.8. The first kappa shape index (κ1) is 34.9. The fourth-order valence-electron chi connectivity index (χ4n) is 15.4. The monoisotopic (exact) mass is 1700 g/mol. The summed E-state index contributed by atoms with van der Waals surface area (Å²) in [6.45, 7) is -8.41. The highest BCUT2D eigenvalue weighted by Gasteiger charge is 2.45. The fourth-order valence-corrected chi connectivity index (χ4v) is 15.4. The lowest BCUT2D eigenvalue weighted by Gasteiger charge is -2.43. The lowest BCUT2D eigenvalue weighted by Crippen LogP contribution is -2.46. The highest BCUT2D eigenvalue weighted by atomic mass is 16.5. The van der Waals surface area contributed by atoms with E-state index in [0.717, 1.165) is 16.7 Å². The number of piperidine rings is 5. The lowest BCUT2D eigenvalue weighted by molar-refractivity contribution is -0.130. The number of hydrogen-bond acceptors (Lipinski definition) is 20. The lowest BCUT2D eigenvalue weighted by atomic mass is 9.79. The van der Waals surface area contributed by atoms with E-state index in [1.165, 1.54) is 9.80 Å². The molecule has 10 heterocycles. The standard InChI is InChI=1S/3C20H29NO3.2C19H27NO3/c3*1-5-13(2)8-15-12-21-7-6-14-9-19(23-3)20(24-4)10-16(14)17(21)11-18(15)22;2*1-12(2)7-14-11-20-6-5-13-8-18(22-3)19(23-4)9-15(13)16(20)10-17(14)21/h3*9-10,13,15,17H,5-8,11-12H2,1-4H3;2*8-9,12,14,16H,5-7,10-11H2,1-4H3/i2D3,3D3,4D3,5D2,8D2,9D,10D,11D2,13D,15D;2D3,3D3,4D3,5D2,8D2,9D,10D,12D2,13D;2D3,3D3,4D3,5D2,8D2,9D,10D,13D;3D3,4D3,8D,9D,10D2,14D;3D3,4D3,8D,9D,11D2. The molecule has 0 aromatic heterocycles. The van der Waals surface area contributed by atoms with Crippen molar-refractivity contribution in [2.75, 3.05) is 136 Å². The Morgan fingerprint density at radius 3 is 0.992 bits per heavy atom. The van der Waals surface area contributed by atoms with E-state index in [0.29, 0.717) is 20.3 Å². The van der Waals surface area contributed by atoms with Gasteiger partial charge in [-0.25, -0.2) is 0 Å². The second-order valence-corrected chi connectivity index (χ2v) is 29.3. The summed E-state index contributed by atoms with van der Waals surface area (Å²) < 4.78 is 640. The molecule has 648 valence electrons. The Kier molecular flexibility index (Phi) is 12.3. The van der Waals surface area contributed by atoms with E-state index in [-0.39, 0.29) is 152 Å². The second-order valence-electron chi connectivity index (χ2n) is 29.3. The van der Waals surface area contributed by atoms with Crippen LogP contribution in [0.1, 0.15) is 339 Å². The van der Waals surface area contributed by atoms with Gasteiger partial charge in [0, 0.05) is 204 Å². The van der Waals surface area contributed by atoms with Crippen LogP contribution >= 0.6 is 0 Å². The number of benzene rings is 5. The molecule has 10 aliphatic rings. The SMILES string of the molecule is [2H]c1c2c(c([2H])c(OC([2H])([2H])[2H])c1OC([2H])([2H])[2H])C1CC(=O)C(C([2H])([2H])C([2H])(C([2H])([2H])[2H])C([2H])([2H])C)C([2H])([2H])N1CC2.[2H]c1c2c(c([2H])c(OC([2H])([2H])[2H])c1OC([2H])([2H])[2H])C1CC(=O)C(C([2H])([2H])C([2H])(C([2H])([2H])[2H])C([2H])([2H])C)CN1CC2.[2H]c1c2c(c([2H])c(OC([2H])([2H])[2H])c1OC([2H])([2H])[2H])C1CC(=O)C(CC(C)C)C([2H])([2H])N1CC2.[2H]c1c2c(c([2H])c(OC([2H])([2H])[2H])c1OC([2H])([2H])[2H])C1N(CC2)CC([2H])(C([2H])([2H])C([2H])(C([2H])([2H])[2H])C([2H])([2H])C)C(=O)C1([2H])[2H].[2H]c1c2c(c([2H])c(OC([2H])([2H])[2H])c1OC([2H])([2H])[2H])C1N(CC2)CC([2H])(CC(C)C)C(=O)C1([2H])[2H]. The van der Waals surface area contributed by atoms with Gasteiger partial charge in [0.05, 0.1) is 125 Å². The molecule has 13 unspecified atom stereocenters. The van der Waals surface area contributed by atoms with Gasteiger partial charge >= 0.3 is 0 Å². The van der Waals surface area contributed by atoms with E-state index in [4.69, 9.17) is 149 Å². The Bertz CT molecular complexity index is 7630. The summed E-state index contributed by atoms with van der Waals surface area (Å²) >= 11 is 0. The van der Waals surface area contributed by atoms with Crippen molar-refractivity contribution in [3.05, 3.63) is 116 Å². The van der Waals surface area contributed by atoms with Crippen molar-refractivity contribution >= 4 is 28.9 Å². The molecule has 20 nitrogen and oxygen atoms in total. The molecule has 5 saturated heterocycles. The summed E-state index contributed by atoms with van der Waals surface area (Å²) in [7, 11) is -31.5. The Hall–Kier alpha value is -7.75. The molecule has 20 heteroatoms. The zero-order chi connectivity index (χ0) is 149. The molecule has 0 saturated carbocycles. The number of hydrogen-bond donors (Lipinski definition) is 0. The molecule has 0 N–H and O–H groups in total. The Labute approximate surface area is 809 Å². The van der Waals surface area contributed by atoms with Crippen LogP contribution in [-0.2, 0) is 56.1 Å². The highest BCUT2D eigenvalue weighted by molar-refractivity contribution is 5.86. The summed E-state index contributed by atoms with van der Waals surface area (Å²) in [4.78, 5) is 73.5. The number of Topliss-reactive ketones (excluding diaryl/α,β-unsaturated/α-hetero) is 5. The normalized spacial score (nSPS) is 39.8. The summed E-state index contributed by atoms with van der Waals surface area (Å²) in [5, 5.41) is 0. The predicted molar refractivity (Wildman–Crippen MR) is 465 cm³/mol. The van der Waals surface area contributed by atoms with Crippen molar-refractivity contribution in [2.24, 2.45) is 59.1 Å². The highest BCUT2D eigenvalue weighted by Crippen LogP contribution is 2.49. The van der Waals surface area contributed by atoms with E-state index < -0.39 is 405 Å². The van der Waals surface area contributed by atoms with Gasteiger partial charge in [0.1, 0.15) is 28.9 Å². The van der Waals surface area contributed by atoms with Crippen LogP contribution in [0.25, 0.3) is 0 Å². The third kappa shape index (κ3) is 21.0. The van der Waals surface area contributed by atoms with Crippen molar-refractivity contribution in [3.8, 4) is 57.5 Å². The van der Waals surface area contributed by atoms with Gasteiger partial charge in [0.25, 0.3) is 0 Å². The fraction of sp³-hybridized carbons (Fsp3) is 0.643. The zero-order valence-corrected chi connectivity index (χ0v) is 65.4. The van der Waals surface area contributed by atoms with Crippen LogP contribution in [0.2, 0.25) is 0 Å². The van der Waals surface area contributed by atoms with E-state index in [2.05, 4.69) is 0 Å². The van der Waals surface area contributed by atoms with Crippen LogP contribution in [0.3, 0.4) is 0 Å². The minimum atomic E-state index is -3.85. The van der Waals surface area contributed by atoms with E-state index >= 15 is 0 Å². The average Bonchev–Trinajstić information content (AvgIpc) is 0.672. The maximum absolute atomic E-state index is 13.8. The first-order valence-corrected chi connectivity index (χ1v) is 37.5. The van der Waals surface area contributed by atoms with Crippen LogP contribution in [0.15, 0.2) is 60.4 Å². The molecule has 15 rings (SSSR count). The third-order valence-corrected chi connectivity index (χ3v) is 21.1. The van der Waals surface area contributed by atoms with Crippen LogP contribution in [0, 0.1) is 59.1 Å². The molecule has 5 aromatic carbocycles. The third-order valence-electron chi connectivity index (χ3n) is 21.1. The molecule has 5 fully saturated rings. The van der Waals surface area contributed by atoms with Crippen LogP contribution in [0.5, 0.6) is 57.5 Å². The van der Waals surface area contributed by atoms with Crippen LogP contribution in [-0.4, -0.2) is 189 Å². The zero-order valence-electron chi connectivity index (χ0n) is 139. The van der Waals surface area contributed by atoms with Gasteiger partial charge in [-0.3, -0.25) is 48.5 Å². The van der Waals surface area contributed by atoms with Crippen molar-refractivity contribution in [1.29, 1.82) is 0 Å². The smallest absolute Gasteiger partial charge is 0.161 e. The van der Waals surface area contributed by atoms with Crippen LogP contribution < -0.4 is 47.4 Å². The number of fused-ring (bicyclic) bond motifs is 15. The van der Waals surface area contributed by atoms with Gasteiger partial charge in [-0.15, -0.1) is 0 Å². The second kappa shape index (κ2) is 41.7. The van der Waals surface area contributed by atoms with Gasteiger partial charge < -0.3 is 47.4 Å². The largest absolute Gasteiger partial charge is 0.493 e. The first-order valence-electron chi connectivity index (χ1n) is 74.5. The average molecular weight is 1700 g/mol. The van der Waals surface area contributed by atoms with E-state index in [1.54, 1.807) is 4.90 Å². The quantitative estimate of drug-likeness (QED) is 0.0598. The molecule has 0 spiro atoms. The molecule has 0 amide bonds. The molecule has 0 radical (unpaired) electrons. The van der Waals surface area contributed by atoms with Gasteiger partial charge in [-0.1, -0.05) is 88.1 Å². The van der Waals surface area contributed by atoms with E-state index in [1.807, 2.05) is 27.7 Å². The number of rotatable bonds is 23. The molecule has 0 aliphatic carbocycles. The molecular formula is C98H141N5O15. The molecule has 118 heavy (non-hydrogen) atoms. The van der Waals surface area contributed by atoms with Crippen molar-refractivity contribution in [2.45, 2.75) is 214 Å². The first-order chi connectivity index (χ1) is 85.3. The number of ether oxygens (including phenoxy) is 10. The maximum Gasteiger partial charge on any atom is 0.161 e. The molecule has 13 atom stereocenters. The van der Waals surface area contributed by atoms with Crippen molar-refractivity contribution in [3.63, 3.8) is 0 Å². The van der Waals surface area contributed by atoms with Gasteiger partial charge in [-0.2, -0.15) is 0 Å². The summed E-state index contributed by atoms with van der Waals surface area (Å²) in [6, 6.07) is -13.1. The summed E-state index contributed by atoms with van der Waals surface area (Å²) in [6.07, 6.45) is -27.1. The summed E-state index contributed by atoms with van der Waals surface area (Å²) in [5.41, 5.74) is -0.646. The Morgan fingerprint density at radius 2 is 0.644 bits per heavy atom. The number of methoxy groups -OCH3 is 10. The number of carbonyl (C=O) groups excluding carboxylic acids is 5. The number of carbonyl (C=O) groups is 5. The molecule has 5 aromatic rings. The van der Waals surface area contributed by atoms with Crippen molar-refractivity contribution in [1.82, 2.24) is 24.5 Å². The Morgan fingerprint density at radius 1 is 0.364 bits per heavy atom. The van der Waals surface area contributed by atoms with Gasteiger partial charge in [0.2, 0.25) is 0 Å². The van der Waals surface area contributed by atoms with E-state index in [9.17, 15) is 24.0 Å². The van der Waals surface area contributed by atoms with Gasteiger partial charge in [-0.05, 0) is 210 Å². The number of nitrogens with zero attached hydrogens (tertiary/aromatic N) is 5. The van der Waals surface area contributed by atoms with Gasteiger partial charge in [0.15, 0.2) is 57.5 Å². The molecule has 10 aliphatic heterocycles. The Balaban J connectivity index is 0.000000222.